The first-order chi connectivity index (χ1) is 17.8. The van der Waals surface area contributed by atoms with Crippen LogP contribution in [0, 0.1) is 20.8 Å². The first-order valence-electron chi connectivity index (χ1n) is 13.0. The van der Waals surface area contributed by atoms with Gasteiger partial charge in [-0.3, -0.25) is 4.79 Å². The largest absolute Gasteiger partial charge is 0.393 e. The maximum atomic E-state index is 13.2. The number of rotatable bonds is 4. The third kappa shape index (κ3) is 4.14. The topological polar surface area (TPSA) is 84.4 Å². The zero-order chi connectivity index (χ0) is 25.8. The lowest BCUT2D eigenvalue weighted by atomic mass is 9.92. The molecule has 6 rings (SSSR count). The van der Waals surface area contributed by atoms with Gasteiger partial charge in [-0.15, -0.1) is 0 Å². The number of amides is 1. The van der Waals surface area contributed by atoms with E-state index in [1.165, 1.54) is 0 Å². The zero-order valence-corrected chi connectivity index (χ0v) is 22.1. The third-order valence-electron chi connectivity index (χ3n) is 8.01. The van der Waals surface area contributed by atoms with E-state index in [1.807, 2.05) is 43.9 Å². The van der Waals surface area contributed by atoms with Crippen molar-refractivity contribution in [2.24, 2.45) is 0 Å². The highest BCUT2D eigenvalue weighted by molar-refractivity contribution is 6.31. The SMILES string of the molecule is Cc1ccc(N2C(=O)CC[C@H]2c2nc3cc(-c4c(C)noc4C)ccc3n2C2CCC(O)CC2)cc1Cl. The van der Waals surface area contributed by atoms with Crippen molar-refractivity contribution in [3.63, 3.8) is 0 Å². The van der Waals surface area contributed by atoms with Gasteiger partial charge in [-0.05, 0) is 88.3 Å². The number of imidazole rings is 1. The molecule has 2 fully saturated rings. The molecule has 1 aliphatic carbocycles. The van der Waals surface area contributed by atoms with Crippen molar-refractivity contribution in [1.82, 2.24) is 14.7 Å². The standard InChI is InChI=1S/C29H31ClN4O3/c1-16-4-6-21(15-23(16)30)33-26(12-13-27(33)36)29-31-24-14-19(28-17(2)32-37-18(28)3)5-11-25(24)34(29)20-7-9-22(35)10-8-20/h4-6,11,14-15,20,22,26,35H,7-10,12-13H2,1-3H3/t20?,22?,26-/m0/s1. The minimum absolute atomic E-state index is 0.0824. The Hall–Kier alpha value is -3.16. The maximum absolute atomic E-state index is 13.2. The Morgan fingerprint density at radius 2 is 1.81 bits per heavy atom. The molecule has 1 aliphatic heterocycles. The van der Waals surface area contributed by atoms with E-state index in [9.17, 15) is 9.90 Å². The molecule has 0 unspecified atom stereocenters. The Morgan fingerprint density at radius 1 is 1.03 bits per heavy atom. The number of aliphatic hydroxyl groups is 1. The highest BCUT2D eigenvalue weighted by atomic mass is 35.5. The summed E-state index contributed by atoms with van der Waals surface area (Å²) in [5, 5.41) is 15.0. The van der Waals surface area contributed by atoms with E-state index in [4.69, 9.17) is 21.1 Å². The molecule has 1 saturated heterocycles. The fraction of sp³-hybridized carbons (Fsp3) is 0.414. The Balaban J connectivity index is 1.50. The quantitative estimate of drug-likeness (QED) is 0.328. The number of hydrogen-bond acceptors (Lipinski definition) is 5. The Bertz CT molecular complexity index is 1480. The molecule has 3 heterocycles. The van der Waals surface area contributed by atoms with Crippen LogP contribution in [0.5, 0.6) is 0 Å². The van der Waals surface area contributed by atoms with Gasteiger partial charge in [0.25, 0.3) is 0 Å². The monoisotopic (exact) mass is 518 g/mol. The minimum atomic E-state index is -0.250. The smallest absolute Gasteiger partial charge is 0.227 e. The van der Waals surface area contributed by atoms with Crippen LogP contribution in [0.25, 0.3) is 22.2 Å². The van der Waals surface area contributed by atoms with E-state index in [1.54, 1.807) is 0 Å². The summed E-state index contributed by atoms with van der Waals surface area (Å²) in [6.45, 7) is 5.83. The average Bonchev–Trinajstić information content (AvgIpc) is 3.55. The normalized spacial score (nSPS) is 22.4. The number of aromatic nitrogens is 3. The van der Waals surface area contributed by atoms with E-state index in [2.05, 4.69) is 27.9 Å². The van der Waals surface area contributed by atoms with Gasteiger partial charge in [0.15, 0.2) is 0 Å². The first kappa shape index (κ1) is 24.2. The van der Waals surface area contributed by atoms with Gasteiger partial charge in [0.05, 0.1) is 28.9 Å². The van der Waals surface area contributed by atoms with Crippen LogP contribution in [-0.4, -0.2) is 31.8 Å². The number of fused-ring (bicyclic) bond motifs is 1. The second kappa shape index (κ2) is 9.30. The predicted molar refractivity (Wildman–Crippen MR) is 144 cm³/mol. The van der Waals surface area contributed by atoms with Gasteiger partial charge < -0.3 is 19.1 Å². The number of carbonyl (C=O) groups excluding carboxylic acids is 1. The fourth-order valence-corrected chi connectivity index (χ4v) is 6.26. The number of aliphatic hydroxyl groups excluding tert-OH is 1. The van der Waals surface area contributed by atoms with Gasteiger partial charge >= 0.3 is 0 Å². The molecule has 2 aromatic heterocycles. The molecule has 37 heavy (non-hydrogen) atoms. The summed E-state index contributed by atoms with van der Waals surface area (Å²) in [5.74, 6) is 1.76. The van der Waals surface area contributed by atoms with Crippen molar-refractivity contribution >= 4 is 34.2 Å². The highest BCUT2D eigenvalue weighted by Gasteiger charge is 2.38. The second-order valence-electron chi connectivity index (χ2n) is 10.5. The molecule has 192 valence electrons. The van der Waals surface area contributed by atoms with Crippen molar-refractivity contribution in [3.8, 4) is 11.1 Å². The van der Waals surface area contributed by atoms with E-state index >= 15 is 0 Å². The molecule has 4 aromatic rings. The lowest BCUT2D eigenvalue weighted by Crippen LogP contribution is -2.31. The van der Waals surface area contributed by atoms with E-state index in [0.717, 1.165) is 76.4 Å². The summed E-state index contributed by atoms with van der Waals surface area (Å²) < 4.78 is 7.75. The number of hydrogen-bond donors (Lipinski definition) is 1. The van der Waals surface area contributed by atoms with Crippen molar-refractivity contribution in [1.29, 1.82) is 0 Å². The van der Waals surface area contributed by atoms with Crippen LogP contribution in [0.1, 0.15) is 73.5 Å². The lowest BCUT2D eigenvalue weighted by molar-refractivity contribution is -0.117. The van der Waals surface area contributed by atoms with Crippen molar-refractivity contribution in [3.05, 3.63) is 64.3 Å². The van der Waals surface area contributed by atoms with Crippen LogP contribution < -0.4 is 4.90 Å². The van der Waals surface area contributed by atoms with Crippen LogP contribution in [0.3, 0.4) is 0 Å². The average molecular weight is 519 g/mol. The summed E-state index contributed by atoms with van der Waals surface area (Å²) in [7, 11) is 0. The Labute approximate surface area is 221 Å². The van der Waals surface area contributed by atoms with Crippen LogP contribution in [0.15, 0.2) is 40.9 Å². The summed E-state index contributed by atoms with van der Waals surface area (Å²) in [5.41, 5.74) is 6.58. The molecular formula is C29H31ClN4O3. The van der Waals surface area contributed by atoms with Gasteiger partial charge in [-0.1, -0.05) is 28.9 Å². The van der Waals surface area contributed by atoms with E-state index in [-0.39, 0.29) is 24.1 Å². The number of anilines is 1. The molecule has 8 heteroatoms. The summed E-state index contributed by atoms with van der Waals surface area (Å²) in [6, 6.07) is 12.2. The second-order valence-corrected chi connectivity index (χ2v) is 10.9. The number of nitrogens with zero attached hydrogens (tertiary/aromatic N) is 4. The number of aryl methyl sites for hydroxylation is 3. The van der Waals surface area contributed by atoms with Gasteiger partial charge in [-0.25, -0.2) is 4.98 Å². The third-order valence-corrected chi connectivity index (χ3v) is 8.42. The van der Waals surface area contributed by atoms with E-state index < -0.39 is 0 Å². The molecule has 7 nitrogen and oxygen atoms in total. The Kier molecular flexibility index (Phi) is 6.08. The molecule has 2 aromatic carbocycles. The van der Waals surface area contributed by atoms with Crippen LogP contribution in [0.2, 0.25) is 5.02 Å². The van der Waals surface area contributed by atoms with Gasteiger partial charge in [0, 0.05) is 28.7 Å². The summed E-state index contributed by atoms with van der Waals surface area (Å²) >= 11 is 6.46. The van der Waals surface area contributed by atoms with Crippen molar-refractivity contribution < 1.29 is 14.4 Å². The van der Waals surface area contributed by atoms with Crippen molar-refractivity contribution in [2.75, 3.05) is 4.90 Å². The lowest BCUT2D eigenvalue weighted by Gasteiger charge is -2.31. The molecule has 0 bridgehead atoms. The van der Waals surface area contributed by atoms with Crippen LogP contribution in [-0.2, 0) is 4.79 Å². The predicted octanol–water partition coefficient (Wildman–Crippen LogP) is 6.61. The first-order valence-corrected chi connectivity index (χ1v) is 13.4. The van der Waals surface area contributed by atoms with E-state index in [0.29, 0.717) is 17.9 Å². The number of halogens is 1. The minimum Gasteiger partial charge on any atom is -0.393 e. The molecular weight excluding hydrogens is 488 g/mol. The highest BCUT2D eigenvalue weighted by Crippen LogP contribution is 2.42. The summed E-state index contributed by atoms with van der Waals surface area (Å²) in [4.78, 5) is 20.2. The number of carbonyl (C=O) groups is 1. The molecule has 2 aliphatic rings. The van der Waals surface area contributed by atoms with Crippen LogP contribution >= 0.6 is 11.6 Å². The molecule has 1 N–H and O–H groups in total. The zero-order valence-electron chi connectivity index (χ0n) is 21.4. The summed E-state index contributed by atoms with van der Waals surface area (Å²) in [6.07, 6.45) is 4.20. The van der Waals surface area contributed by atoms with Crippen LogP contribution in [0.4, 0.5) is 5.69 Å². The fourth-order valence-electron chi connectivity index (χ4n) is 6.09. The molecule has 0 spiro atoms. The molecule has 0 radical (unpaired) electrons. The van der Waals surface area contributed by atoms with Gasteiger partial charge in [-0.2, -0.15) is 0 Å². The Morgan fingerprint density at radius 3 is 2.51 bits per heavy atom. The van der Waals surface area contributed by atoms with Crippen molar-refractivity contribution in [2.45, 2.75) is 77.5 Å². The van der Waals surface area contributed by atoms with Gasteiger partial charge in [0.2, 0.25) is 5.91 Å². The molecule has 1 amide bonds. The molecule has 1 atom stereocenters. The number of benzene rings is 2. The van der Waals surface area contributed by atoms with Gasteiger partial charge in [0.1, 0.15) is 11.6 Å². The maximum Gasteiger partial charge on any atom is 0.227 e. The molecule has 1 saturated carbocycles.